The number of aromatic nitrogens is 1. The highest BCUT2D eigenvalue weighted by Gasteiger charge is 2.07. The van der Waals surface area contributed by atoms with E-state index in [2.05, 4.69) is 72.0 Å². The van der Waals surface area contributed by atoms with Gasteiger partial charge < -0.3 is 5.32 Å². The van der Waals surface area contributed by atoms with Crippen LogP contribution in [0.1, 0.15) is 5.56 Å². The van der Waals surface area contributed by atoms with E-state index in [0.29, 0.717) is 0 Å². The van der Waals surface area contributed by atoms with Crippen molar-refractivity contribution in [1.82, 2.24) is 4.98 Å². The molecule has 0 aliphatic heterocycles. The van der Waals surface area contributed by atoms with Crippen molar-refractivity contribution in [2.45, 2.75) is 6.54 Å². The van der Waals surface area contributed by atoms with E-state index in [9.17, 15) is 0 Å². The van der Waals surface area contributed by atoms with Gasteiger partial charge in [0.05, 0.1) is 5.69 Å². The third-order valence-corrected chi connectivity index (χ3v) is 4.11. The molecule has 0 amide bonds. The monoisotopic (exact) mass is 346 g/mol. The summed E-state index contributed by atoms with van der Waals surface area (Å²) in [6.45, 7) is 0.760. The molecule has 1 N–H and O–H groups in total. The van der Waals surface area contributed by atoms with Gasteiger partial charge in [-0.2, -0.15) is 0 Å². The second kappa shape index (κ2) is 7.82. The topological polar surface area (TPSA) is 24.9 Å². The molecule has 0 unspecified atom stereocenters. The first-order chi connectivity index (χ1) is 11.9. The summed E-state index contributed by atoms with van der Waals surface area (Å²) in [5, 5.41) is 5.85. The van der Waals surface area contributed by atoms with Gasteiger partial charge in [0.25, 0.3) is 0 Å². The highest BCUT2D eigenvalue weighted by atomic mass is 35.5. The average molecular weight is 347 g/mol. The molecule has 25 heavy (non-hydrogen) atoms. The van der Waals surface area contributed by atoms with Gasteiger partial charge in [0, 0.05) is 17.5 Å². The zero-order valence-electron chi connectivity index (χ0n) is 13.7. The Morgan fingerprint density at radius 2 is 1.36 bits per heavy atom. The Hall–Kier alpha value is -2.84. The number of nitrogens with one attached hydrogen (secondary N) is 1. The van der Waals surface area contributed by atoms with Crippen molar-refractivity contribution in [2.75, 3.05) is 5.32 Å². The van der Waals surface area contributed by atoms with Crippen molar-refractivity contribution in [3.05, 3.63) is 96.6 Å². The van der Waals surface area contributed by atoms with Crippen LogP contribution in [-0.4, -0.2) is 4.98 Å². The Kier molecular flexibility index (Phi) is 5.32. The molecule has 4 rings (SSSR count). The van der Waals surface area contributed by atoms with Gasteiger partial charge in [-0.15, -0.1) is 12.4 Å². The molecule has 124 valence electrons. The molecule has 4 aromatic rings. The third-order valence-electron chi connectivity index (χ3n) is 4.11. The SMILES string of the molecule is Cl.c1ccc(CNc2nc(-c3ccccc3)cc3ccccc23)cc1. The molecular formula is C22H19ClN2. The maximum absolute atomic E-state index is 4.88. The second-order valence-corrected chi connectivity index (χ2v) is 5.78. The van der Waals surface area contributed by atoms with E-state index in [1.165, 1.54) is 10.9 Å². The third kappa shape index (κ3) is 3.81. The van der Waals surface area contributed by atoms with Gasteiger partial charge >= 0.3 is 0 Å². The zero-order valence-corrected chi connectivity index (χ0v) is 14.5. The molecule has 2 nitrogen and oxygen atoms in total. The van der Waals surface area contributed by atoms with E-state index in [4.69, 9.17) is 4.98 Å². The largest absolute Gasteiger partial charge is 0.365 e. The van der Waals surface area contributed by atoms with Gasteiger partial charge in [0.1, 0.15) is 5.82 Å². The van der Waals surface area contributed by atoms with Crippen molar-refractivity contribution in [3.8, 4) is 11.3 Å². The highest BCUT2D eigenvalue weighted by Crippen LogP contribution is 2.28. The normalized spacial score (nSPS) is 10.2. The van der Waals surface area contributed by atoms with Crippen LogP contribution in [0.4, 0.5) is 5.82 Å². The van der Waals surface area contributed by atoms with E-state index in [-0.39, 0.29) is 12.4 Å². The molecule has 0 atom stereocenters. The molecule has 3 heteroatoms. The van der Waals surface area contributed by atoms with Crippen LogP contribution in [0.15, 0.2) is 91.0 Å². The summed E-state index contributed by atoms with van der Waals surface area (Å²) in [6.07, 6.45) is 0. The number of anilines is 1. The molecule has 3 aromatic carbocycles. The van der Waals surface area contributed by atoms with Crippen LogP contribution in [0, 0.1) is 0 Å². The van der Waals surface area contributed by atoms with E-state index in [0.717, 1.165) is 29.0 Å². The van der Waals surface area contributed by atoms with Crippen LogP contribution in [0.25, 0.3) is 22.0 Å². The molecule has 0 aliphatic rings. The molecule has 0 radical (unpaired) electrons. The van der Waals surface area contributed by atoms with E-state index in [1.54, 1.807) is 0 Å². The molecule has 1 heterocycles. The van der Waals surface area contributed by atoms with Crippen molar-refractivity contribution < 1.29 is 0 Å². The minimum absolute atomic E-state index is 0. The predicted molar refractivity (Wildman–Crippen MR) is 108 cm³/mol. The first-order valence-corrected chi connectivity index (χ1v) is 8.13. The smallest absolute Gasteiger partial charge is 0.134 e. The molecule has 0 fully saturated rings. The molecule has 0 bridgehead atoms. The number of nitrogens with zero attached hydrogens (tertiary/aromatic N) is 1. The molecule has 0 saturated heterocycles. The van der Waals surface area contributed by atoms with Gasteiger partial charge in [0.15, 0.2) is 0 Å². The summed E-state index contributed by atoms with van der Waals surface area (Å²) in [5.41, 5.74) is 3.37. The average Bonchev–Trinajstić information content (AvgIpc) is 2.67. The summed E-state index contributed by atoms with van der Waals surface area (Å²) in [5.74, 6) is 0.927. The minimum atomic E-state index is 0. The van der Waals surface area contributed by atoms with Gasteiger partial charge in [-0.05, 0) is 17.0 Å². The quantitative estimate of drug-likeness (QED) is 0.495. The summed E-state index contributed by atoms with van der Waals surface area (Å²) in [7, 11) is 0. The maximum atomic E-state index is 4.88. The lowest BCUT2D eigenvalue weighted by Crippen LogP contribution is -2.02. The lowest BCUT2D eigenvalue weighted by Gasteiger charge is -2.12. The molecule has 0 spiro atoms. The maximum Gasteiger partial charge on any atom is 0.134 e. The van der Waals surface area contributed by atoms with Crippen LogP contribution in [0.2, 0.25) is 0 Å². The van der Waals surface area contributed by atoms with E-state index < -0.39 is 0 Å². The summed E-state index contributed by atoms with van der Waals surface area (Å²) >= 11 is 0. The van der Waals surface area contributed by atoms with Crippen molar-refractivity contribution in [3.63, 3.8) is 0 Å². The molecule has 0 aliphatic carbocycles. The molecular weight excluding hydrogens is 328 g/mol. The number of pyridine rings is 1. The van der Waals surface area contributed by atoms with Crippen LogP contribution in [0.3, 0.4) is 0 Å². The Balaban J connectivity index is 0.00000182. The number of benzene rings is 3. The highest BCUT2D eigenvalue weighted by molar-refractivity contribution is 5.94. The van der Waals surface area contributed by atoms with Crippen molar-refractivity contribution >= 4 is 29.0 Å². The van der Waals surface area contributed by atoms with Crippen LogP contribution in [0.5, 0.6) is 0 Å². The Bertz CT molecular complexity index is 953. The van der Waals surface area contributed by atoms with Crippen LogP contribution >= 0.6 is 12.4 Å². The number of fused-ring (bicyclic) bond motifs is 1. The second-order valence-electron chi connectivity index (χ2n) is 5.78. The number of hydrogen-bond donors (Lipinski definition) is 1. The van der Waals surface area contributed by atoms with Gasteiger partial charge in [-0.1, -0.05) is 84.9 Å². The summed E-state index contributed by atoms with van der Waals surface area (Å²) in [6, 6.07) is 31.2. The Morgan fingerprint density at radius 1 is 0.720 bits per heavy atom. The Morgan fingerprint density at radius 3 is 2.12 bits per heavy atom. The standard InChI is InChI=1S/C22H18N2.ClH/c1-3-9-17(10-4-1)16-23-22-20-14-8-7-13-19(20)15-21(24-22)18-11-5-2-6-12-18;/h1-15H,16H2,(H,23,24);1H. The molecule has 0 saturated carbocycles. The summed E-state index contributed by atoms with van der Waals surface area (Å²) < 4.78 is 0. The van der Waals surface area contributed by atoms with Crippen LogP contribution in [-0.2, 0) is 6.54 Å². The van der Waals surface area contributed by atoms with Crippen molar-refractivity contribution in [1.29, 1.82) is 0 Å². The number of hydrogen-bond acceptors (Lipinski definition) is 2. The van der Waals surface area contributed by atoms with Gasteiger partial charge in [-0.25, -0.2) is 4.98 Å². The van der Waals surface area contributed by atoms with E-state index >= 15 is 0 Å². The van der Waals surface area contributed by atoms with E-state index in [1.807, 2.05) is 24.3 Å². The van der Waals surface area contributed by atoms with Crippen molar-refractivity contribution in [2.24, 2.45) is 0 Å². The van der Waals surface area contributed by atoms with Gasteiger partial charge in [0.2, 0.25) is 0 Å². The Labute approximate surface area is 154 Å². The lowest BCUT2D eigenvalue weighted by molar-refractivity contribution is 1.12. The minimum Gasteiger partial charge on any atom is -0.365 e. The summed E-state index contributed by atoms with van der Waals surface area (Å²) in [4.78, 5) is 4.88. The first kappa shape index (κ1) is 17.0. The fourth-order valence-corrected chi connectivity index (χ4v) is 2.87. The fourth-order valence-electron chi connectivity index (χ4n) is 2.87. The fraction of sp³-hybridized carbons (Fsp3) is 0.0455. The molecule has 1 aromatic heterocycles. The first-order valence-electron chi connectivity index (χ1n) is 8.13. The van der Waals surface area contributed by atoms with Crippen LogP contribution < -0.4 is 5.32 Å². The zero-order chi connectivity index (χ0) is 16.2. The van der Waals surface area contributed by atoms with Gasteiger partial charge in [-0.3, -0.25) is 0 Å². The number of rotatable bonds is 4. The lowest BCUT2D eigenvalue weighted by atomic mass is 10.1. The number of halogens is 1. The predicted octanol–water partition coefficient (Wildman–Crippen LogP) is 5.94.